The van der Waals surface area contributed by atoms with Crippen molar-refractivity contribution >= 4 is 11.8 Å². The summed E-state index contributed by atoms with van der Waals surface area (Å²) in [5, 5.41) is 4.13. The Kier molecular flexibility index (Phi) is 3.31. The highest BCUT2D eigenvalue weighted by atomic mass is 32.2. The number of hydrogen-bond donors (Lipinski definition) is 1. The van der Waals surface area contributed by atoms with Gasteiger partial charge in [0, 0.05) is 24.2 Å². The van der Waals surface area contributed by atoms with Crippen LogP contribution in [-0.4, -0.2) is 9.78 Å². The van der Waals surface area contributed by atoms with E-state index >= 15 is 0 Å². The van der Waals surface area contributed by atoms with E-state index in [2.05, 4.69) is 29.4 Å². The van der Waals surface area contributed by atoms with Gasteiger partial charge >= 0.3 is 0 Å². The highest BCUT2D eigenvalue weighted by Gasteiger charge is 2.02. The van der Waals surface area contributed by atoms with Gasteiger partial charge < -0.3 is 5.73 Å². The van der Waals surface area contributed by atoms with Crippen LogP contribution in [0.25, 0.3) is 0 Å². The summed E-state index contributed by atoms with van der Waals surface area (Å²) in [4.78, 5) is 2.36. The monoisotopic (exact) mass is 233 g/mol. The largest absolute Gasteiger partial charge is 0.324 e. The van der Waals surface area contributed by atoms with E-state index in [0.717, 1.165) is 10.5 Å². The maximum absolute atomic E-state index is 5.80. The highest BCUT2D eigenvalue weighted by Crippen LogP contribution is 2.27. The molecule has 2 N–H and O–H groups in total. The molecular formula is C12H15N3S. The molecule has 0 radical (unpaired) electrons. The quantitative estimate of drug-likeness (QED) is 0.886. The van der Waals surface area contributed by atoms with Crippen molar-refractivity contribution < 1.29 is 0 Å². The fraction of sp³-hybridized carbons (Fsp3) is 0.250. The third-order valence-corrected chi connectivity index (χ3v) is 3.28. The van der Waals surface area contributed by atoms with Crippen LogP contribution in [0.2, 0.25) is 0 Å². The van der Waals surface area contributed by atoms with Gasteiger partial charge in [-0.3, -0.25) is 4.68 Å². The number of nitrogens with zero attached hydrogens (tertiary/aromatic N) is 2. The third kappa shape index (κ3) is 2.65. The van der Waals surface area contributed by atoms with Gasteiger partial charge in [-0.05, 0) is 24.6 Å². The van der Waals surface area contributed by atoms with Gasteiger partial charge in [-0.1, -0.05) is 23.9 Å². The smallest absolute Gasteiger partial charge is 0.0629 e. The second-order valence-electron chi connectivity index (χ2n) is 3.81. The van der Waals surface area contributed by atoms with Crippen LogP contribution in [0.1, 0.15) is 18.5 Å². The molecular weight excluding hydrogens is 218 g/mol. The minimum absolute atomic E-state index is 0.0949. The van der Waals surface area contributed by atoms with Gasteiger partial charge in [-0.2, -0.15) is 5.10 Å². The maximum atomic E-state index is 5.80. The van der Waals surface area contributed by atoms with Crippen molar-refractivity contribution in [1.29, 1.82) is 0 Å². The molecule has 2 aromatic rings. The van der Waals surface area contributed by atoms with Crippen LogP contribution >= 0.6 is 11.8 Å². The molecule has 0 aliphatic heterocycles. The van der Waals surface area contributed by atoms with Crippen molar-refractivity contribution in [3.63, 3.8) is 0 Å². The second kappa shape index (κ2) is 4.72. The van der Waals surface area contributed by atoms with Crippen molar-refractivity contribution in [2.75, 3.05) is 0 Å². The summed E-state index contributed by atoms with van der Waals surface area (Å²) in [6.07, 6.45) is 3.87. The fourth-order valence-corrected chi connectivity index (χ4v) is 2.28. The molecule has 1 aromatic heterocycles. The Morgan fingerprint density at radius 3 is 2.44 bits per heavy atom. The van der Waals surface area contributed by atoms with Crippen LogP contribution in [0.5, 0.6) is 0 Å². The van der Waals surface area contributed by atoms with Crippen molar-refractivity contribution in [2.45, 2.75) is 22.8 Å². The number of benzene rings is 1. The minimum Gasteiger partial charge on any atom is -0.324 e. The Hall–Kier alpha value is -1.26. The van der Waals surface area contributed by atoms with Crippen molar-refractivity contribution in [2.24, 2.45) is 12.8 Å². The number of aromatic nitrogens is 2. The number of hydrogen-bond acceptors (Lipinski definition) is 3. The van der Waals surface area contributed by atoms with Crippen molar-refractivity contribution in [3.05, 3.63) is 42.2 Å². The fourth-order valence-electron chi connectivity index (χ4n) is 1.43. The second-order valence-corrected chi connectivity index (χ2v) is 4.96. The summed E-state index contributed by atoms with van der Waals surface area (Å²) in [7, 11) is 1.92. The average Bonchev–Trinajstić information content (AvgIpc) is 2.65. The first-order chi connectivity index (χ1) is 7.65. The van der Waals surface area contributed by atoms with E-state index < -0.39 is 0 Å². The molecule has 2 rings (SSSR count). The van der Waals surface area contributed by atoms with Gasteiger partial charge in [-0.25, -0.2) is 0 Å². The Balaban J connectivity index is 2.11. The van der Waals surface area contributed by atoms with E-state index in [1.54, 1.807) is 16.4 Å². The average molecular weight is 233 g/mol. The van der Waals surface area contributed by atoms with Crippen LogP contribution in [0.4, 0.5) is 0 Å². The molecule has 1 heterocycles. The summed E-state index contributed by atoms with van der Waals surface area (Å²) in [5.74, 6) is 0. The molecule has 0 saturated heterocycles. The lowest BCUT2D eigenvalue weighted by atomic mass is 10.1. The molecule has 0 aliphatic rings. The highest BCUT2D eigenvalue weighted by molar-refractivity contribution is 7.99. The Morgan fingerprint density at radius 2 is 1.94 bits per heavy atom. The van der Waals surface area contributed by atoms with Gasteiger partial charge in [-0.15, -0.1) is 0 Å². The lowest BCUT2D eigenvalue weighted by Crippen LogP contribution is -2.04. The molecule has 0 aliphatic carbocycles. The summed E-state index contributed by atoms with van der Waals surface area (Å²) in [6, 6.07) is 8.43. The topological polar surface area (TPSA) is 43.8 Å². The van der Waals surface area contributed by atoms with E-state index in [0.29, 0.717) is 0 Å². The molecule has 4 heteroatoms. The molecule has 16 heavy (non-hydrogen) atoms. The lowest BCUT2D eigenvalue weighted by molar-refractivity contribution is 0.766. The molecule has 1 atom stereocenters. The van der Waals surface area contributed by atoms with Crippen LogP contribution in [-0.2, 0) is 7.05 Å². The summed E-state index contributed by atoms with van der Waals surface area (Å²) in [5.41, 5.74) is 6.96. The molecule has 0 saturated carbocycles. The van der Waals surface area contributed by atoms with Crippen LogP contribution in [0, 0.1) is 0 Å². The zero-order valence-corrected chi connectivity index (χ0v) is 10.2. The van der Waals surface area contributed by atoms with E-state index in [9.17, 15) is 0 Å². The van der Waals surface area contributed by atoms with E-state index in [1.807, 2.05) is 26.4 Å². The molecule has 0 bridgehead atoms. The third-order valence-electron chi connectivity index (χ3n) is 2.32. The zero-order chi connectivity index (χ0) is 11.5. The van der Waals surface area contributed by atoms with Crippen LogP contribution < -0.4 is 5.73 Å². The molecule has 84 valence electrons. The zero-order valence-electron chi connectivity index (χ0n) is 9.42. The normalized spacial score (nSPS) is 12.7. The van der Waals surface area contributed by atoms with Gasteiger partial charge in [0.05, 0.1) is 11.1 Å². The predicted octanol–water partition coefficient (Wildman–Crippen LogP) is 2.59. The van der Waals surface area contributed by atoms with Crippen LogP contribution in [0.3, 0.4) is 0 Å². The standard InChI is InChI=1S/C12H15N3S/c1-9(13)10-3-5-11(6-4-10)16-12-7-14-15(2)8-12/h3-9H,13H2,1-2H3. The molecule has 1 unspecified atom stereocenters. The molecule has 1 aromatic carbocycles. The Bertz CT molecular complexity index is 459. The van der Waals surface area contributed by atoms with Gasteiger partial charge in [0.1, 0.15) is 0 Å². The molecule has 3 nitrogen and oxygen atoms in total. The number of nitrogens with two attached hydrogens (primary N) is 1. The van der Waals surface area contributed by atoms with Gasteiger partial charge in [0.15, 0.2) is 0 Å². The van der Waals surface area contributed by atoms with E-state index in [1.165, 1.54) is 4.90 Å². The predicted molar refractivity (Wildman–Crippen MR) is 66.4 cm³/mol. The lowest BCUT2D eigenvalue weighted by Gasteiger charge is -2.05. The molecule has 0 fully saturated rings. The van der Waals surface area contributed by atoms with E-state index in [4.69, 9.17) is 5.73 Å². The number of aryl methyl sites for hydroxylation is 1. The SMILES string of the molecule is CC(N)c1ccc(Sc2cnn(C)c2)cc1. The first-order valence-corrected chi connectivity index (χ1v) is 5.99. The summed E-state index contributed by atoms with van der Waals surface area (Å²) in [6.45, 7) is 1.99. The maximum Gasteiger partial charge on any atom is 0.0629 e. The van der Waals surface area contributed by atoms with Crippen molar-refractivity contribution in [1.82, 2.24) is 9.78 Å². The molecule has 0 spiro atoms. The van der Waals surface area contributed by atoms with Crippen molar-refractivity contribution in [3.8, 4) is 0 Å². The number of rotatable bonds is 3. The summed E-state index contributed by atoms with van der Waals surface area (Å²) < 4.78 is 1.80. The molecule has 0 amide bonds. The van der Waals surface area contributed by atoms with Gasteiger partial charge in [0.25, 0.3) is 0 Å². The first-order valence-electron chi connectivity index (χ1n) is 5.17. The summed E-state index contributed by atoms with van der Waals surface area (Å²) >= 11 is 1.70. The first kappa shape index (κ1) is 11.2. The Labute approximate surface area is 99.7 Å². The van der Waals surface area contributed by atoms with E-state index in [-0.39, 0.29) is 6.04 Å². The Morgan fingerprint density at radius 1 is 1.25 bits per heavy atom. The van der Waals surface area contributed by atoms with Crippen LogP contribution in [0.15, 0.2) is 46.5 Å². The minimum atomic E-state index is 0.0949. The van der Waals surface area contributed by atoms with Gasteiger partial charge in [0.2, 0.25) is 0 Å².